The first-order valence-corrected chi connectivity index (χ1v) is 9.90. The molecule has 4 aromatic carbocycles. The second-order valence-corrected chi connectivity index (χ2v) is 7.71. The van der Waals surface area contributed by atoms with Crippen LogP contribution in [-0.2, 0) is 6.42 Å². The van der Waals surface area contributed by atoms with Gasteiger partial charge in [-0.25, -0.2) is 0 Å². The molecule has 4 rings (SSSR count). The summed E-state index contributed by atoms with van der Waals surface area (Å²) in [5.74, 6) is 0. The summed E-state index contributed by atoms with van der Waals surface area (Å²) in [6, 6.07) is 30.0. The number of hydrogen-bond acceptors (Lipinski definition) is 2. The molecule has 0 atom stereocenters. The fourth-order valence-electron chi connectivity index (χ4n) is 3.58. The topological polar surface area (TPSA) is 52.0 Å². The number of anilines is 2. The molecule has 0 aliphatic carbocycles. The van der Waals surface area contributed by atoms with Crippen LogP contribution in [0, 0.1) is 13.8 Å². The molecular formula is C27H26N2. The van der Waals surface area contributed by atoms with Gasteiger partial charge >= 0.3 is 0 Å². The first-order valence-electron chi connectivity index (χ1n) is 9.90. The van der Waals surface area contributed by atoms with Gasteiger partial charge in [0.1, 0.15) is 0 Å². The van der Waals surface area contributed by atoms with Gasteiger partial charge in [0.15, 0.2) is 0 Å². The van der Waals surface area contributed by atoms with E-state index in [0.29, 0.717) is 0 Å². The molecule has 2 nitrogen and oxygen atoms in total. The van der Waals surface area contributed by atoms with Gasteiger partial charge in [0.2, 0.25) is 0 Å². The molecule has 0 aliphatic heterocycles. The zero-order valence-electron chi connectivity index (χ0n) is 16.9. The van der Waals surface area contributed by atoms with Gasteiger partial charge in [0.05, 0.1) is 0 Å². The highest BCUT2D eigenvalue weighted by molar-refractivity contribution is 5.69. The second kappa shape index (κ2) is 7.84. The van der Waals surface area contributed by atoms with Gasteiger partial charge in [-0.05, 0) is 89.0 Å². The maximum absolute atomic E-state index is 5.93. The van der Waals surface area contributed by atoms with E-state index in [-0.39, 0.29) is 0 Å². The molecular weight excluding hydrogens is 352 g/mol. The van der Waals surface area contributed by atoms with Crippen LogP contribution in [0.3, 0.4) is 0 Å². The third-order valence-electron chi connectivity index (χ3n) is 5.52. The van der Waals surface area contributed by atoms with Crippen molar-refractivity contribution < 1.29 is 0 Å². The minimum absolute atomic E-state index is 0.836. The Morgan fingerprint density at radius 1 is 0.483 bits per heavy atom. The lowest BCUT2D eigenvalue weighted by atomic mass is 9.97. The van der Waals surface area contributed by atoms with Gasteiger partial charge in [-0.2, -0.15) is 0 Å². The average Bonchev–Trinajstić information content (AvgIpc) is 2.73. The summed E-state index contributed by atoms with van der Waals surface area (Å²) in [5.41, 5.74) is 23.2. The standard InChI is InChI=1S/C27H26N2/c1-18-15-24(11-13-26(18)28)22-7-3-20(4-8-22)17-21-5-9-23(10-6-21)25-12-14-27(29)19(2)16-25/h3-16H,17,28-29H2,1-2H3. The van der Waals surface area contributed by atoms with Crippen LogP contribution in [0.2, 0.25) is 0 Å². The molecule has 0 fully saturated rings. The highest BCUT2D eigenvalue weighted by Crippen LogP contribution is 2.26. The van der Waals surface area contributed by atoms with E-state index in [1.165, 1.54) is 33.4 Å². The van der Waals surface area contributed by atoms with Crippen molar-refractivity contribution in [3.8, 4) is 22.3 Å². The minimum Gasteiger partial charge on any atom is -0.399 e. The van der Waals surface area contributed by atoms with Crippen molar-refractivity contribution in [3.63, 3.8) is 0 Å². The second-order valence-electron chi connectivity index (χ2n) is 7.71. The molecule has 0 heterocycles. The fourth-order valence-corrected chi connectivity index (χ4v) is 3.58. The lowest BCUT2D eigenvalue weighted by Crippen LogP contribution is -1.91. The normalized spacial score (nSPS) is 10.8. The third-order valence-corrected chi connectivity index (χ3v) is 5.52. The van der Waals surface area contributed by atoms with E-state index < -0.39 is 0 Å². The van der Waals surface area contributed by atoms with E-state index in [1.54, 1.807) is 0 Å². The number of nitrogen functional groups attached to an aromatic ring is 2. The van der Waals surface area contributed by atoms with Crippen molar-refractivity contribution in [1.82, 2.24) is 0 Å². The van der Waals surface area contributed by atoms with Crippen molar-refractivity contribution in [2.45, 2.75) is 20.3 Å². The fraction of sp³-hybridized carbons (Fsp3) is 0.111. The molecule has 0 amide bonds. The molecule has 0 aliphatic rings. The van der Waals surface area contributed by atoms with E-state index in [1.807, 2.05) is 26.0 Å². The summed E-state index contributed by atoms with van der Waals surface area (Å²) in [7, 11) is 0. The predicted octanol–water partition coefficient (Wildman–Crippen LogP) is 6.39. The summed E-state index contributed by atoms with van der Waals surface area (Å²) in [6.07, 6.45) is 0.919. The Bertz CT molecular complexity index is 1050. The zero-order valence-corrected chi connectivity index (χ0v) is 16.9. The number of benzene rings is 4. The summed E-state index contributed by atoms with van der Waals surface area (Å²) >= 11 is 0. The van der Waals surface area contributed by atoms with E-state index in [4.69, 9.17) is 11.5 Å². The van der Waals surface area contributed by atoms with Crippen LogP contribution >= 0.6 is 0 Å². The summed E-state index contributed by atoms with van der Waals surface area (Å²) in [5, 5.41) is 0. The van der Waals surface area contributed by atoms with Crippen molar-refractivity contribution >= 4 is 11.4 Å². The smallest absolute Gasteiger partial charge is 0.0344 e. The number of aryl methyl sites for hydroxylation is 2. The van der Waals surface area contributed by atoms with Crippen molar-refractivity contribution in [1.29, 1.82) is 0 Å². The van der Waals surface area contributed by atoms with Gasteiger partial charge < -0.3 is 11.5 Å². The van der Waals surface area contributed by atoms with Crippen LogP contribution in [0.1, 0.15) is 22.3 Å². The molecule has 0 unspecified atom stereocenters. The van der Waals surface area contributed by atoms with E-state index in [9.17, 15) is 0 Å². The Morgan fingerprint density at radius 2 is 0.828 bits per heavy atom. The van der Waals surface area contributed by atoms with Crippen molar-refractivity contribution in [3.05, 3.63) is 107 Å². The Labute approximate surface area is 172 Å². The first kappa shape index (κ1) is 18.8. The maximum atomic E-state index is 5.93. The number of rotatable bonds is 4. The van der Waals surface area contributed by atoms with Crippen molar-refractivity contribution in [2.24, 2.45) is 0 Å². The van der Waals surface area contributed by atoms with Crippen molar-refractivity contribution in [2.75, 3.05) is 11.5 Å². The highest BCUT2D eigenvalue weighted by Gasteiger charge is 2.04. The lowest BCUT2D eigenvalue weighted by molar-refractivity contribution is 1.19. The van der Waals surface area contributed by atoms with Gasteiger partial charge in [0, 0.05) is 11.4 Å². The van der Waals surface area contributed by atoms with Gasteiger partial charge in [-0.15, -0.1) is 0 Å². The Morgan fingerprint density at radius 3 is 1.17 bits per heavy atom. The maximum Gasteiger partial charge on any atom is 0.0344 e. The third kappa shape index (κ3) is 4.17. The molecule has 2 heteroatoms. The van der Waals surface area contributed by atoms with E-state index >= 15 is 0 Å². The van der Waals surface area contributed by atoms with Gasteiger partial charge in [-0.3, -0.25) is 0 Å². The molecule has 0 saturated heterocycles. The molecule has 0 saturated carbocycles. The molecule has 0 radical (unpaired) electrons. The Balaban J connectivity index is 1.49. The molecule has 4 aromatic rings. The highest BCUT2D eigenvalue weighted by atomic mass is 14.6. The quantitative estimate of drug-likeness (QED) is 0.404. The van der Waals surface area contributed by atoms with Gasteiger partial charge in [-0.1, -0.05) is 60.7 Å². The largest absolute Gasteiger partial charge is 0.399 e. The first-order chi connectivity index (χ1) is 14.0. The molecule has 0 bridgehead atoms. The predicted molar refractivity (Wildman–Crippen MR) is 125 cm³/mol. The summed E-state index contributed by atoms with van der Waals surface area (Å²) in [4.78, 5) is 0. The molecule has 29 heavy (non-hydrogen) atoms. The van der Waals surface area contributed by atoms with Crippen LogP contribution in [0.4, 0.5) is 11.4 Å². The minimum atomic E-state index is 0.836. The summed E-state index contributed by atoms with van der Waals surface area (Å²) in [6.45, 7) is 4.09. The molecule has 4 N–H and O–H groups in total. The van der Waals surface area contributed by atoms with E-state index in [2.05, 4.69) is 72.8 Å². The Kier molecular flexibility index (Phi) is 5.09. The van der Waals surface area contributed by atoms with Crippen LogP contribution in [0.15, 0.2) is 84.9 Å². The monoisotopic (exact) mass is 378 g/mol. The number of hydrogen-bond donors (Lipinski definition) is 2. The molecule has 144 valence electrons. The van der Waals surface area contributed by atoms with Gasteiger partial charge in [0.25, 0.3) is 0 Å². The Hall–Kier alpha value is -3.52. The van der Waals surface area contributed by atoms with Crippen LogP contribution in [0.25, 0.3) is 22.3 Å². The lowest BCUT2D eigenvalue weighted by Gasteiger charge is -2.09. The number of nitrogens with two attached hydrogens (primary N) is 2. The molecule has 0 spiro atoms. The van der Waals surface area contributed by atoms with Crippen LogP contribution in [0.5, 0.6) is 0 Å². The SMILES string of the molecule is Cc1cc(-c2ccc(Cc3ccc(-c4ccc(N)c(C)c4)cc3)cc2)ccc1N. The van der Waals surface area contributed by atoms with Crippen LogP contribution < -0.4 is 11.5 Å². The molecule has 0 aromatic heterocycles. The van der Waals surface area contributed by atoms with Crippen LogP contribution in [-0.4, -0.2) is 0 Å². The average molecular weight is 379 g/mol. The zero-order chi connectivity index (χ0) is 20.4. The summed E-state index contributed by atoms with van der Waals surface area (Å²) < 4.78 is 0. The van der Waals surface area contributed by atoms with E-state index in [0.717, 1.165) is 28.9 Å².